The van der Waals surface area contributed by atoms with Crippen LogP contribution in [0, 0.1) is 0 Å². The molecule has 186 valence electrons. The average Bonchev–Trinajstić information content (AvgIpc) is 2.64. The minimum absolute atomic E-state index is 0.0149. The van der Waals surface area contributed by atoms with Crippen molar-refractivity contribution in [3.63, 3.8) is 0 Å². The van der Waals surface area contributed by atoms with Crippen molar-refractivity contribution in [2.45, 2.75) is 119 Å². The van der Waals surface area contributed by atoms with E-state index in [-0.39, 0.29) is 21.7 Å². The molecule has 0 N–H and O–H groups in total. The van der Waals surface area contributed by atoms with Crippen molar-refractivity contribution in [1.82, 2.24) is 0 Å². The van der Waals surface area contributed by atoms with Gasteiger partial charge in [0.25, 0.3) is 0 Å². The first-order valence-electron chi connectivity index (χ1n) is 12.6. The molecular weight excluding hydrogens is 412 g/mol. The molecule has 2 nitrogen and oxygen atoms in total. The van der Waals surface area contributed by atoms with Crippen LogP contribution in [-0.2, 0) is 21.7 Å². The molecule has 0 fully saturated rings. The number of hydrogen-bond donors (Lipinski definition) is 0. The van der Waals surface area contributed by atoms with Gasteiger partial charge in [-0.25, -0.2) is 0 Å². The smallest absolute Gasteiger partial charge is 0.0673 e. The normalized spacial score (nSPS) is 14.5. The molecule has 2 heteroatoms. The van der Waals surface area contributed by atoms with Gasteiger partial charge in [0.05, 0.1) is 22.8 Å². The molecule has 0 aromatic heterocycles. The molecule has 0 atom stereocenters. The highest BCUT2D eigenvalue weighted by atomic mass is 14.8. The third-order valence-electron chi connectivity index (χ3n) is 6.44. The summed E-state index contributed by atoms with van der Waals surface area (Å²) in [4.78, 5) is 10.3. The Morgan fingerprint density at radius 3 is 1.00 bits per heavy atom. The Morgan fingerprint density at radius 1 is 0.471 bits per heavy atom. The van der Waals surface area contributed by atoms with E-state index in [1.165, 1.54) is 22.3 Å². The van der Waals surface area contributed by atoms with Crippen molar-refractivity contribution in [2.24, 2.45) is 9.98 Å². The van der Waals surface area contributed by atoms with Crippen LogP contribution >= 0.6 is 0 Å². The van der Waals surface area contributed by atoms with Crippen LogP contribution in [-0.4, -0.2) is 11.4 Å². The largest absolute Gasteiger partial charge is 0.252 e. The fourth-order valence-corrected chi connectivity index (χ4v) is 3.97. The summed E-state index contributed by atoms with van der Waals surface area (Å²) in [5.74, 6) is 0. The van der Waals surface area contributed by atoms with Crippen LogP contribution < -0.4 is 0 Å². The Kier molecular flexibility index (Phi) is 7.78. The van der Waals surface area contributed by atoms with Crippen molar-refractivity contribution in [2.75, 3.05) is 0 Å². The highest BCUT2D eigenvalue weighted by molar-refractivity contribution is 6.41. The molecule has 0 radical (unpaired) electrons. The van der Waals surface area contributed by atoms with Gasteiger partial charge in [0.2, 0.25) is 0 Å². The molecule has 0 amide bonds. The molecule has 0 heterocycles. The van der Waals surface area contributed by atoms with E-state index < -0.39 is 0 Å². The molecule has 0 spiro atoms. The maximum absolute atomic E-state index is 5.14. The lowest BCUT2D eigenvalue weighted by molar-refractivity contribution is 0.578. The lowest BCUT2D eigenvalue weighted by atomic mass is 9.81. The summed E-state index contributed by atoms with van der Waals surface area (Å²) >= 11 is 0. The zero-order chi connectivity index (χ0) is 26.3. The van der Waals surface area contributed by atoms with Crippen LogP contribution in [0.25, 0.3) is 0 Å². The van der Waals surface area contributed by atoms with Gasteiger partial charge >= 0.3 is 0 Å². The number of aliphatic imine (C=N–C) groups is 2. The Balaban J connectivity index is 2.67. The third-order valence-corrected chi connectivity index (χ3v) is 6.44. The van der Waals surface area contributed by atoms with Crippen molar-refractivity contribution >= 4 is 22.8 Å². The molecule has 34 heavy (non-hydrogen) atoms. The highest BCUT2D eigenvalue weighted by Crippen LogP contribution is 2.37. The second-order valence-electron chi connectivity index (χ2n) is 13.9. The minimum atomic E-state index is 0.0149. The van der Waals surface area contributed by atoms with E-state index in [0.717, 1.165) is 22.8 Å². The first kappa shape index (κ1) is 28.0. The number of nitrogens with zero attached hydrogens (tertiary/aromatic N) is 2. The lowest BCUT2D eigenvalue weighted by Gasteiger charge is -2.26. The second kappa shape index (κ2) is 9.44. The van der Waals surface area contributed by atoms with E-state index in [9.17, 15) is 0 Å². The second-order valence-corrected chi connectivity index (χ2v) is 13.9. The standard InChI is InChI=1S/C32H48N2/c1-21(33-27-19-23(29(3,4)5)15-17-25(27)31(9,10)11)22(2)34-28-20-24(30(6,7)8)16-18-26(28)32(12,13)14/h15-20H,1-14H3. The number of hydrogen-bond acceptors (Lipinski definition) is 2. The molecule has 0 bridgehead atoms. The molecule has 0 aliphatic rings. The molecule has 0 aliphatic carbocycles. The zero-order valence-corrected chi connectivity index (χ0v) is 24.4. The summed E-state index contributed by atoms with van der Waals surface area (Å²) in [5.41, 5.74) is 9.31. The van der Waals surface area contributed by atoms with Crippen LogP contribution in [0.2, 0.25) is 0 Å². The fraction of sp³-hybridized carbons (Fsp3) is 0.562. The summed E-state index contributed by atoms with van der Waals surface area (Å²) in [5, 5.41) is 0. The van der Waals surface area contributed by atoms with Gasteiger partial charge in [-0.3, -0.25) is 9.98 Å². The molecule has 2 rings (SSSR count). The van der Waals surface area contributed by atoms with E-state index in [4.69, 9.17) is 9.98 Å². The fourth-order valence-electron chi connectivity index (χ4n) is 3.97. The maximum atomic E-state index is 5.14. The van der Waals surface area contributed by atoms with Crippen molar-refractivity contribution < 1.29 is 0 Å². The van der Waals surface area contributed by atoms with Crippen LogP contribution in [0.3, 0.4) is 0 Å². The zero-order valence-electron chi connectivity index (χ0n) is 24.4. The highest BCUT2D eigenvalue weighted by Gasteiger charge is 2.23. The summed E-state index contributed by atoms with van der Waals surface area (Å²) in [7, 11) is 0. The van der Waals surface area contributed by atoms with E-state index in [2.05, 4.69) is 133 Å². The van der Waals surface area contributed by atoms with Gasteiger partial charge in [0, 0.05) is 0 Å². The van der Waals surface area contributed by atoms with Gasteiger partial charge in [-0.1, -0.05) is 107 Å². The van der Waals surface area contributed by atoms with Gasteiger partial charge in [-0.05, 0) is 69.9 Å². The predicted molar refractivity (Wildman–Crippen MR) is 153 cm³/mol. The van der Waals surface area contributed by atoms with Gasteiger partial charge in [0.15, 0.2) is 0 Å². The minimum Gasteiger partial charge on any atom is -0.252 e. The van der Waals surface area contributed by atoms with Crippen LogP contribution in [0.15, 0.2) is 46.4 Å². The van der Waals surface area contributed by atoms with Crippen molar-refractivity contribution in [3.8, 4) is 0 Å². The van der Waals surface area contributed by atoms with Gasteiger partial charge < -0.3 is 0 Å². The van der Waals surface area contributed by atoms with Gasteiger partial charge in [0.1, 0.15) is 0 Å². The maximum Gasteiger partial charge on any atom is 0.0673 e. The summed E-state index contributed by atoms with van der Waals surface area (Å²) in [6.07, 6.45) is 0. The predicted octanol–water partition coefficient (Wildman–Crippen LogP) is 9.76. The summed E-state index contributed by atoms with van der Waals surface area (Å²) < 4.78 is 0. The van der Waals surface area contributed by atoms with E-state index in [1.54, 1.807) is 0 Å². The lowest BCUT2D eigenvalue weighted by Crippen LogP contribution is -2.16. The number of benzene rings is 2. The van der Waals surface area contributed by atoms with Crippen molar-refractivity contribution in [1.29, 1.82) is 0 Å². The first-order chi connectivity index (χ1) is 15.2. The Bertz CT molecular complexity index is 996. The van der Waals surface area contributed by atoms with E-state index in [0.29, 0.717) is 0 Å². The molecule has 0 saturated heterocycles. The molecule has 2 aromatic rings. The quantitative estimate of drug-likeness (QED) is 0.407. The van der Waals surface area contributed by atoms with Gasteiger partial charge in [-0.15, -0.1) is 0 Å². The van der Waals surface area contributed by atoms with E-state index in [1.807, 2.05) is 0 Å². The molecule has 0 saturated carbocycles. The first-order valence-corrected chi connectivity index (χ1v) is 12.6. The summed E-state index contributed by atoms with van der Waals surface area (Å²) in [6, 6.07) is 13.5. The average molecular weight is 461 g/mol. The molecule has 0 aliphatic heterocycles. The van der Waals surface area contributed by atoms with E-state index >= 15 is 0 Å². The SMILES string of the molecule is CC(=Nc1cc(C(C)(C)C)ccc1C(C)(C)C)C(C)=Nc1cc(C(C)(C)C)ccc1C(C)(C)C. The summed E-state index contributed by atoms with van der Waals surface area (Å²) in [6.45, 7) is 31.2. The Labute approximate surface area is 210 Å². The molecule has 0 unspecified atom stereocenters. The Morgan fingerprint density at radius 2 is 0.765 bits per heavy atom. The van der Waals surface area contributed by atoms with Crippen LogP contribution in [0.4, 0.5) is 11.4 Å². The monoisotopic (exact) mass is 460 g/mol. The Hall–Kier alpha value is -2.22. The van der Waals surface area contributed by atoms with Crippen molar-refractivity contribution in [3.05, 3.63) is 58.7 Å². The van der Waals surface area contributed by atoms with Crippen LogP contribution in [0.5, 0.6) is 0 Å². The van der Waals surface area contributed by atoms with Crippen LogP contribution in [0.1, 0.15) is 119 Å². The molecular formula is C32H48N2. The number of rotatable bonds is 3. The topological polar surface area (TPSA) is 24.7 Å². The third kappa shape index (κ3) is 6.90. The van der Waals surface area contributed by atoms with Gasteiger partial charge in [-0.2, -0.15) is 0 Å². The molecule has 2 aromatic carbocycles.